The number of methoxy groups -OCH3 is 1. The predicted molar refractivity (Wildman–Crippen MR) is 130 cm³/mol. The summed E-state index contributed by atoms with van der Waals surface area (Å²) in [5.74, 6) is 1.02. The van der Waals surface area contributed by atoms with Crippen LogP contribution in [0.1, 0.15) is 31.3 Å². The third-order valence-corrected chi connectivity index (χ3v) is 5.44. The zero-order chi connectivity index (χ0) is 24.1. The van der Waals surface area contributed by atoms with Crippen molar-refractivity contribution in [1.82, 2.24) is 19.9 Å². The molecule has 8 heteroatoms. The van der Waals surface area contributed by atoms with Crippen LogP contribution in [0.2, 0.25) is 0 Å². The summed E-state index contributed by atoms with van der Waals surface area (Å²) in [5, 5.41) is 11.8. The van der Waals surface area contributed by atoms with E-state index in [1.54, 1.807) is 21.0 Å². The Kier molecular flexibility index (Phi) is 6.90. The molecule has 2 aromatic carbocycles. The van der Waals surface area contributed by atoms with Crippen molar-refractivity contribution < 1.29 is 14.3 Å². The van der Waals surface area contributed by atoms with E-state index in [1.807, 2.05) is 77.2 Å². The fraction of sp³-hybridized carbons (Fsp3) is 0.269. The first-order chi connectivity index (χ1) is 16.4. The Bertz CT molecular complexity index is 1250. The molecule has 3 N–H and O–H groups in total. The minimum absolute atomic E-state index is 0.203. The summed E-state index contributed by atoms with van der Waals surface area (Å²) in [7, 11) is 1.63. The van der Waals surface area contributed by atoms with Crippen LogP contribution < -0.4 is 15.8 Å². The summed E-state index contributed by atoms with van der Waals surface area (Å²) in [6, 6.07) is 22.8. The van der Waals surface area contributed by atoms with Crippen molar-refractivity contribution in [3.8, 4) is 17.0 Å². The van der Waals surface area contributed by atoms with Crippen molar-refractivity contribution in [2.24, 2.45) is 5.73 Å². The highest BCUT2D eigenvalue weighted by molar-refractivity contribution is 5.85. The van der Waals surface area contributed by atoms with E-state index in [0.29, 0.717) is 18.1 Å². The van der Waals surface area contributed by atoms with Crippen molar-refractivity contribution in [2.75, 3.05) is 13.7 Å². The molecule has 0 fully saturated rings. The summed E-state index contributed by atoms with van der Waals surface area (Å²) in [5.41, 5.74) is 8.54. The first kappa shape index (κ1) is 23.4. The van der Waals surface area contributed by atoms with Gasteiger partial charge in [0.2, 0.25) is 5.91 Å². The summed E-state index contributed by atoms with van der Waals surface area (Å²) in [6.45, 7) is 3.93. The lowest BCUT2D eigenvalue weighted by Crippen LogP contribution is -2.51. The highest BCUT2D eigenvalue weighted by Gasteiger charge is 2.28. The molecule has 4 rings (SSSR count). The second-order valence-electron chi connectivity index (χ2n) is 8.64. The van der Waals surface area contributed by atoms with Crippen LogP contribution in [0.3, 0.4) is 0 Å². The zero-order valence-corrected chi connectivity index (χ0v) is 19.6. The Morgan fingerprint density at radius 2 is 1.76 bits per heavy atom. The number of amides is 1. The van der Waals surface area contributed by atoms with Gasteiger partial charge in [-0.15, -0.1) is 10.2 Å². The number of carbonyl (C=O) groups excluding carboxylic acids is 1. The fourth-order valence-electron chi connectivity index (χ4n) is 3.57. The Labute approximate surface area is 198 Å². The Morgan fingerprint density at radius 3 is 2.44 bits per heavy atom. The molecular weight excluding hydrogens is 430 g/mol. The van der Waals surface area contributed by atoms with Gasteiger partial charge < -0.3 is 20.5 Å². The first-order valence-electron chi connectivity index (χ1n) is 11.1. The van der Waals surface area contributed by atoms with Crippen molar-refractivity contribution in [1.29, 1.82) is 0 Å². The van der Waals surface area contributed by atoms with Gasteiger partial charge in [0.15, 0.2) is 11.5 Å². The number of hydrogen-bond donors (Lipinski definition) is 2. The van der Waals surface area contributed by atoms with Gasteiger partial charge in [0.05, 0.1) is 31.6 Å². The summed E-state index contributed by atoms with van der Waals surface area (Å²) < 4.78 is 13.2. The van der Waals surface area contributed by atoms with E-state index >= 15 is 0 Å². The minimum Gasteiger partial charge on any atom is -0.497 e. The monoisotopic (exact) mass is 459 g/mol. The van der Waals surface area contributed by atoms with Crippen LogP contribution in [0.25, 0.3) is 16.9 Å². The van der Waals surface area contributed by atoms with Gasteiger partial charge in [-0.1, -0.05) is 36.4 Å². The lowest BCUT2D eigenvalue weighted by atomic mass is 10.1. The van der Waals surface area contributed by atoms with Gasteiger partial charge in [-0.3, -0.25) is 9.20 Å². The van der Waals surface area contributed by atoms with Crippen LogP contribution in [0.5, 0.6) is 5.75 Å². The number of carbonyl (C=O) groups is 1. The van der Waals surface area contributed by atoms with Crippen molar-refractivity contribution in [2.45, 2.75) is 32.0 Å². The molecule has 0 saturated heterocycles. The van der Waals surface area contributed by atoms with Gasteiger partial charge >= 0.3 is 0 Å². The van der Waals surface area contributed by atoms with Crippen LogP contribution in [-0.2, 0) is 16.1 Å². The number of ether oxygens (including phenoxy) is 2. The molecule has 34 heavy (non-hydrogen) atoms. The lowest BCUT2D eigenvalue weighted by molar-refractivity contribution is -0.126. The molecule has 0 unspecified atom stereocenters. The topological polar surface area (TPSA) is 104 Å². The average Bonchev–Trinajstić information content (AvgIpc) is 3.28. The largest absolute Gasteiger partial charge is 0.497 e. The number of benzene rings is 2. The summed E-state index contributed by atoms with van der Waals surface area (Å²) >= 11 is 0. The molecule has 0 spiro atoms. The molecule has 1 amide bonds. The van der Waals surface area contributed by atoms with Gasteiger partial charge in [0.1, 0.15) is 11.8 Å². The lowest BCUT2D eigenvalue weighted by Gasteiger charge is -2.24. The van der Waals surface area contributed by atoms with Gasteiger partial charge in [-0.25, -0.2) is 0 Å². The van der Waals surface area contributed by atoms with Crippen LogP contribution in [0.15, 0.2) is 72.8 Å². The SMILES string of the molecule is COc1ccc(-c2cccc3nnc([C@@H](COCc4ccccc4)NC(=O)C(C)(C)N)n23)cc1. The van der Waals surface area contributed by atoms with E-state index in [4.69, 9.17) is 15.2 Å². The predicted octanol–water partition coefficient (Wildman–Crippen LogP) is 3.52. The van der Waals surface area contributed by atoms with Crippen LogP contribution in [0.4, 0.5) is 0 Å². The molecule has 0 aliphatic heterocycles. The van der Waals surface area contributed by atoms with Crippen LogP contribution in [-0.4, -0.2) is 39.8 Å². The van der Waals surface area contributed by atoms with E-state index in [9.17, 15) is 4.79 Å². The van der Waals surface area contributed by atoms with Gasteiger partial charge in [-0.05, 0) is 61.4 Å². The van der Waals surface area contributed by atoms with Crippen LogP contribution >= 0.6 is 0 Å². The average molecular weight is 460 g/mol. The van der Waals surface area contributed by atoms with Crippen molar-refractivity contribution >= 4 is 11.6 Å². The molecule has 176 valence electrons. The maximum atomic E-state index is 12.8. The fourth-order valence-corrected chi connectivity index (χ4v) is 3.57. The Hall–Kier alpha value is -3.75. The third-order valence-electron chi connectivity index (χ3n) is 5.44. The van der Waals surface area contributed by atoms with Crippen molar-refractivity contribution in [3.63, 3.8) is 0 Å². The number of hydrogen-bond acceptors (Lipinski definition) is 6. The second kappa shape index (κ2) is 10.0. The molecule has 2 aromatic heterocycles. The molecule has 4 aromatic rings. The smallest absolute Gasteiger partial charge is 0.240 e. The van der Waals surface area contributed by atoms with E-state index in [1.165, 1.54) is 0 Å². The maximum absolute atomic E-state index is 12.8. The highest BCUT2D eigenvalue weighted by atomic mass is 16.5. The quantitative estimate of drug-likeness (QED) is 0.397. The molecule has 0 aliphatic rings. The number of nitrogens with one attached hydrogen (secondary N) is 1. The van der Waals surface area contributed by atoms with E-state index in [2.05, 4.69) is 15.5 Å². The number of pyridine rings is 1. The van der Waals surface area contributed by atoms with Crippen molar-refractivity contribution in [3.05, 3.63) is 84.2 Å². The zero-order valence-electron chi connectivity index (χ0n) is 19.6. The van der Waals surface area contributed by atoms with Crippen LogP contribution in [0, 0.1) is 0 Å². The third kappa shape index (κ3) is 5.24. The second-order valence-corrected chi connectivity index (χ2v) is 8.64. The molecule has 1 atom stereocenters. The Balaban J connectivity index is 1.69. The number of nitrogens with zero attached hydrogens (tertiary/aromatic N) is 3. The first-order valence-corrected chi connectivity index (χ1v) is 11.1. The summed E-state index contributed by atoms with van der Waals surface area (Å²) in [6.07, 6.45) is 0. The van der Waals surface area contributed by atoms with E-state index in [0.717, 1.165) is 22.6 Å². The summed E-state index contributed by atoms with van der Waals surface area (Å²) in [4.78, 5) is 12.8. The molecule has 0 bridgehead atoms. The number of fused-ring (bicyclic) bond motifs is 1. The molecule has 8 nitrogen and oxygen atoms in total. The molecule has 2 heterocycles. The minimum atomic E-state index is -1.06. The van der Waals surface area contributed by atoms with Gasteiger partial charge in [0.25, 0.3) is 0 Å². The number of rotatable bonds is 9. The molecule has 0 radical (unpaired) electrons. The maximum Gasteiger partial charge on any atom is 0.240 e. The Morgan fingerprint density at radius 1 is 1.03 bits per heavy atom. The normalized spacial score (nSPS) is 12.5. The number of aromatic nitrogens is 3. The van der Waals surface area contributed by atoms with E-state index < -0.39 is 11.6 Å². The van der Waals surface area contributed by atoms with Gasteiger partial charge in [-0.2, -0.15) is 0 Å². The molecule has 0 aliphatic carbocycles. The molecule has 0 saturated carbocycles. The number of nitrogens with two attached hydrogens (primary N) is 1. The molecular formula is C26H29N5O3. The van der Waals surface area contributed by atoms with E-state index in [-0.39, 0.29) is 12.5 Å². The highest BCUT2D eigenvalue weighted by Crippen LogP contribution is 2.26. The standard InChI is InChI=1S/C26H29N5O3/c1-26(2,27)25(32)28-21(17-34-16-18-8-5-4-6-9-18)24-30-29-23-11-7-10-22(31(23)24)19-12-14-20(33-3)15-13-19/h4-15,21H,16-17,27H2,1-3H3,(H,28,32)/t21-/m1/s1. The van der Waals surface area contributed by atoms with Gasteiger partial charge in [0, 0.05) is 0 Å².